The number of quaternary nitrogens is 1. The van der Waals surface area contributed by atoms with E-state index in [1.54, 1.807) is 32.9 Å². The van der Waals surface area contributed by atoms with Gasteiger partial charge in [0.1, 0.15) is 23.6 Å². The van der Waals surface area contributed by atoms with E-state index in [4.69, 9.17) is 30.1 Å². The maximum atomic E-state index is 15.5. The fraction of sp³-hybridized carbons (Fsp3) is 0.426. The van der Waals surface area contributed by atoms with E-state index in [0.29, 0.717) is 37.4 Å². The monoisotopic (exact) mass is 790 g/mol. The summed E-state index contributed by atoms with van der Waals surface area (Å²) in [4.78, 5) is 32.3. The molecule has 0 aromatic heterocycles. The number of amidine groups is 1. The minimum atomic E-state index is -0.900. The van der Waals surface area contributed by atoms with Crippen LogP contribution < -0.4 is 11.1 Å². The van der Waals surface area contributed by atoms with Gasteiger partial charge in [-0.1, -0.05) is 104 Å². The molecule has 2 aliphatic rings. The lowest BCUT2D eigenvalue weighted by molar-refractivity contribution is -0.486. The van der Waals surface area contributed by atoms with Crippen molar-refractivity contribution < 1.29 is 33.9 Å². The molecule has 308 valence electrons. The maximum absolute atomic E-state index is 15.5. The van der Waals surface area contributed by atoms with E-state index in [1.165, 1.54) is 5.32 Å². The first kappa shape index (κ1) is 42.5. The molecule has 4 aromatic rings. The molecule has 0 aliphatic carbocycles. The van der Waals surface area contributed by atoms with Gasteiger partial charge in [0.15, 0.2) is 11.5 Å². The summed E-state index contributed by atoms with van der Waals surface area (Å²) in [5.41, 5.74) is 10.4. The van der Waals surface area contributed by atoms with Gasteiger partial charge in [-0.15, -0.1) is 0 Å². The molecule has 2 heterocycles. The number of nitrogen functional groups attached to an aromatic ring is 1. The molecule has 2 aliphatic heterocycles. The van der Waals surface area contributed by atoms with Gasteiger partial charge in [-0.05, 0) is 82.2 Å². The maximum Gasteiger partial charge on any atom is 0.518 e. The first-order valence-electron chi connectivity index (χ1n) is 20.4. The number of carbonyl (C=O) groups excluding carboxylic acids is 2. The standard InChI is InChI=1S/C47H59N5O6/c1-32(36-22-14-9-15-23-36)40-42-41(56-47(5,6)57-42)39(29-33-18-10-7-11-19-33)51(26-16-17-27-55-31-34-20-12-8-13-21-34)45(54)52(40)30-35-24-25-38(37(28-35)43(48)49)50-44(53)58-46(2,3)4/h7-15,18-25,28,32,39-42H,16-17,26-27,29-31H2,1-6H3,(H3,48,49)(H,50,53)/p+1/t32?,39-,40-,41+,42+/m1/s1. The number of nitrogens with zero attached hydrogens (tertiary/aromatic N) is 2. The van der Waals surface area contributed by atoms with Crippen LogP contribution in [0.1, 0.15) is 88.1 Å². The summed E-state index contributed by atoms with van der Waals surface area (Å²) in [5.74, 6) is -1.24. The van der Waals surface area contributed by atoms with Gasteiger partial charge in [-0.2, -0.15) is 4.79 Å². The Morgan fingerprint density at radius 3 is 2.12 bits per heavy atom. The van der Waals surface area contributed by atoms with Gasteiger partial charge in [0.2, 0.25) is 0 Å². The number of carbonyl (C=O) groups is 2. The summed E-state index contributed by atoms with van der Waals surface area (Å²) in [7, 11) is 0. The third-order valence-electron chi connectivity index (χ3n) is 10.7. The van der Waals surface area contributed by atoms with E-state index < -0.39 is 35.7 Å². The summed E-state index contributed by atoms with van der Waals surface area (Å²) in [6.45, 7) is 13.3. The minimum Gasteiger partial charge on any atom is -0.414 e. The summed E-state index contributed by atoms with van der Waals surface area (Å²) in [5, 5.41) is 9.82. The van der Waals surface area contributed by atoms with Crippen LogP contribution in [0.25, 0.3) is 0 Å². The van der Waals surface area contributed by atoms with Gasteiger partial charge in [-0.3, -0.25) is 5.41 Å². The third kappa shape index (κ3) is 10.9. The number of benzene rings is 4. The van der Waals surface area contributed by atoms with Crippen molar-refractivity contribution in [3.63, 3.8) is 0 Å². The zero-order chi connectivity index (χ0) is 41.5. The lowest BCUT2D eigenvalue weighted by atomic mass is 9.84. The molecule has 2 saturated heterocycles. The highest BCUT2D eigenvalue weighted by Gasteiger charge is 2.56. The van der Waals surface area contributed by atoms with Crippen molar-refractivity contribution in [1.82, 2.24) is 9.80 Å². The average Bonchev–Trinajstić information content (AvgIpc) is 3.47. The van der Waals surface area contributed by atoms with Crippen molar-refractivity contribution >= 4 is 23.6 Å². The van der Waals surface area contributed by atoms with Crippen LogP contribution >= 0.6 is 0 Å². The molecule has 58 heavy (non-hydrogen) atoms. The zero-order valence-electron chi connectivity index (χ0n) is 34.7. The highest BCUT2D eigenvalue weighted by atomic mass is 16.8. The molecule has 4 aromatic carbocycles. The van der Waals surface area contributed by atoms with E-state index in [9.17, 15) is 4.79 Å². The molecular formula is C47H60N5O6+. The van der Waals surface area contributed by atoms with Gasteiger partial charge in [0.25, 0.3) is 0 Å². The lowest BCUT2D eigenvalue weighted by Gasteiger charge is -2.39. The molecule has 6 rings (SSSR count). The normalized spacial score (nSPS) is 21.0. The second-order valence-corrected chi connectivity index (χ2v) is 16.9. The summed E-state index contributed by atoms with van der Waals surface area (Å²) >= 11 is 0. The predicted octanol–water partition coefficient (Wildman–Crippen LogP) is 7.64. The Morgan fingerprint density at radius 2 is 1.48 bits per heavy atom. The lowest BCUT2D eigenvalue weighted by Crippen LogP contribution is -2.83. The second-order valence-electron chi connectivity index (χ2n) is 16.9. The Balaban J connectivity index is 1.37. The Morgan fingerprint density at radius 1 is 0.862 bits per heavy atom. The Hall–Kier alpha value is -5.07. The molecule has 11 heteroatoms. The summed E-state index contributed by atoms with van der Waals surface area (Å²) < 4.78 is 25.4. The topological polar surface area (TPSA) is 144 Å². The minimum absolute atomic E-state index is 0.118. The third-order valence-corrected chi connectivity index (χ3v) is 10.7. The van der Waals surface area contributed by atoms with Crippen molar-refractivity contribution in [2.75, 3.05) is 13.2 Å². The molecule has 11 nitrogen and oxygen atoms in total. The van der Waals surface area contributed by atoms with Crippen LogP contribution in [0.3, 0.4) is 0 Å². The molecule has 5 N–H and O–H groups in total. The largest absolute Gasteiger partial charge is 0.518 e. The van der Waals surface area contributed by atoms with Gasteiger partial charge in [0, 0.05) is 31.7 Å². The van der Waals surface area contributed by atoms with Crippen LogP contribution in [-0.4, -0.2) is 76.6 Å². The van der Waals surface area contributed by atoms with Crippen molar-refractivity contribution in [2.24, 2.45) is 5.73 Å². The van der Waals surface area contributed by atoms with Crippen LogP contribution in [0.15, 0.2) is 109 Å². The van der Waals surface area contributed by atoms with E-state index in [0.717, 1.165) is 35.1 Å². The highest BCUT2D eigenvalue weighted by Crippen LogP contribution is 2.43. The summed E-state index contributed by atoms with van der Waals surface area (Å²) in [6.07, 6.45) is 0.639. The van der Waals surface area contributed by atoms with E-state index in [-0.39, 0.29) is 30.4 Å². The molecule has 1 unspecified atom stereocenters. The number of nitrogens with two attached hydrogens (primary N) is 2. The average molecular weight is 791 g/mol. The number of nitrogens with one attached hydrogen (secondary N) is 1. The SMILES string of the molecule is CC(c1ccccc1)[C@@H]1[C@@H]2OC(C)(C)O[C@H]2[C@@H](Cc2ccccc2)N(CCCCOCc2ccccc2)C(=O)N1Cc1ccc([NH2+]C(=O)OC(C)(C)C)c(C(=N)N)c1. The first-order valence-corrected chi connectivity index (χ1v) is 20.4. The Bertz CT molecular complexity index is 1990. The van der Waals surface area contributed by atoms with E-state index >= 15 is 4.79 Å². The van der Waals surface area contributed by atoms with Crippen molar-refractivity contribution in [3.05, 3.63) is 137 Å². The zero-order valence-corrected chi connectivity index (χ0v) is 34.7. The van der Waals surface area contributed by atoms with Crippen LogP contribution in [0, 0.1) is 5.41 Å². The predicted molar refractivity (Wildman–Crippen MR) is 225 cm³/mol. The number of amides is 3. The number of primary amides is 1. The summed E-state index contributed by atoms with van der Waals surface area (Å²) in [6, 6.07) is 35.2. The number of hydrogen-bond acceptors (Lipinski definition) is 7. The van der Waals surface area contributed by atoms with Crippen molar-refractivity contribution in [2.45, 2.75) is 116 Å². The molecule has 0 saturated carbocycles. The van der Waals surface area contributed by atoms with Gasteiger partial charge in [0.05, 0.1) is 24.3 Å². The van der Waals surface area contributed by atoms with Crippen molar-refractivity contribution in [3.8, 4) is 0 Å². The van der Waals surface area contributed by atoms with E-state index in [2.05, 4.69) is 43.3 Å². The quantitative estimate of drug-likeness (QED) is 0.0486. The number of urea groups is 1. The number of fused-ring (bicyclic) bond motifs is 1. The smallest absolute Gasteiger partial charge is 0.414 e. The van der Waals surface area contributed by atoms with Crippen LogP contribution in [0.5, 0.6) is 0 Å². The second kappa shape index (κ2) is 18.7. The van der Waals surface area contributed by atoms with E-state index in [1.807, 2.05) is 84.3 Å². The molecule has 5 atom stereocenters. The van der Waals surface area contributed by atoms with Crippen LogP contribution in [0.2, 0.25) is 0 Å². The van der Waals surface area contributed by atoms with Gasteiger partial charge in [-0.25, -0.2) is 10.1 Å². The molecule has 2 fully saturated rings. The molecule has 0 spiro atoms. The fourth-order valence-electron chi connectivity index (χ4n) is 8.16. The molecule has 0 radical (unpaired) electrons. The van der Waals surface area contributed by atoms with Crippen molar-refractivity contribution in [1.29, 1.82) is 5.41 Å². The highest BCUT2D eigenvalue weighted by molar-refractivity contribution is 5.99. The number of hydrogen-bond donors (Lipinski definition) is 3. The van der Waals surface area contributed by atoms with Crippen LogP contribution in [0.4, 0.5) is 15.3 Å². The molecule has 3 amide bonds. The number of rotatable bonds is 15. The number of unbranched alkanes of at least 4 members (excludes halogenated alkanes) is 1. The molecule has 0 bridgehead atoms. The van der Waals surface area contributed by atoms with Crippen LogP contribution in [-0.2, 0) is 38.5 Å². The first-order chi connectivity index (χ1) is 27.7. The Kier molecular flexibility index (Phi) is 13.7. The Labute approximate surface area is 343 Å². The van der Waals surface area contributed by atoms with Gasteiger partial charge < -0.3 is 34.5 Å². The fourth-order valence-corrected chi connectivity index (χ4v) is 8.16. The number of ether oxygens (including phenoxy) is 4. The molecular weight excluding hydrogens is 731 g/mol. The van der Waals surface area contributed by atoms with Gasteiger partial charge >= 0.3 is 12.1 Å².